The maximum absolute atomic E-state index is 12.1. The van der Waals surface area contributed by atoms with Crippen LogP contribution in [0.3, 0.4) is 0 Å². The Morgan fingerprint density at radius 3 is 2.04 bits per heavy atom. The Labute approximate surface area is 158 Å². The Morgan fingerprint density at radius 2 is 1.41 bits per heavy atom. The number of carbonyl (C=O) groups excluding carboxylic acids is 3. The molecule has 2 rings (SSSR count). The van der Waals surface area contributed by atoms with Crippen LogP contribution >= 0.6 is 0 Å². The normalized spacial score (nSPS) is 10.2. The standard InChI is InChI=1S/C20H23N3O4/c1-14(2)23-19(25)13-21-18(24)12-22-20(26)15-8-10-17(11-9-15)27-16-6-4-3-5-7-16/h3-11,14H,12-13H2,1-2H3,(H,21,24)(H,22,26)(H,23,25). The van der Waals surface area contributed by atoms with Gasteiger partial charge < -0.3 is 20.7 Å². The summed E-state index contributed by atoms with van der Waals surface area (Å²) in [4.78, 5) is 35.2. The van der Waals surface area contributed by atoms with Crippen molar-refractivity contribution in [1.82, 2.24) is 16.0 Å². The molecule has 7 nitrogen and oxygen atoms in total. The molecule has 0 unspecified atom stereocenters. The van der Waals surface area contributed by atoms with Crippen LogP contribution < -0.4 is 20.7 Å². The van der Waals surface area contributed by atoms with E-state index < -0.39 is 5.91 Å². The number of benzene rings is 2. The van der Waals surface area contributed by atoms with Gasteiger partial charge in [0.2, 0.25) is 11.8 Å². The molecule has 0 aromatic heterocycles. The molecule has 2 aromatic rings. The number of hydrogen-bond acceptors (Lipinski definition) is 4. The molecule has 0 spiro atoms. The van der Waals surface area contributed by atoms with Gasteiger partial charge in [-0.05, 0) is 50.2 Å². The van der Waals surface area contributed by atoms with Gasteiger partial charge in [0.25, 0.3) is 5.91 Å². The summed E-state index contributed by atoms with van der Waals surface area (Å²) in [5, 5.41) is 7.61. The van der Waals surface area contributed by atoms with Crippen molar-refractivity contribution in [1.29, 1.82) is 0 Å². The first-order valence-electron chi connectivity index (χ1n) is 8.61. The molecule has 0 aliphatic carbocycles. The van der Waals surface area contributed by atoms with Crippen LogP contribution in [-0.4, -0.2) is 36.9 Å². The molecule has 3 amide bonds. The van der Waals surface area contributed by atoms with E-state index in [0.29, 0.717) is 17.1 Å². The lowest BCUT2D eigenvalue weighted by atomic mass is 10.2. The quantitative estimate of drug-likeness (QED) is 0.662. The molecule has 27 heavy (non-hydrogen) atoms. The molecule has 0 saturated carbocycles. The maximum Gasteiger partial charge on any atom is 0.251 e. The van der Waals surface area contributed by atoms with Gasteiger partial charge in [-0.15, -0.1) is 0 Å². The molecule has 2 aromatic carbocycles. The molecule has 0 heterocycles. The van der Waals surface area contributed by atoms with Gasteiger partial charge in [-0.25, -0.2) is 0 Å². The zero-order valence-corrected chi connectivity index (χ0v) is 15.3. The summed E-state index contributed by atoms with van der Waals surface area (Å²) >= 11 is 0. The van der Waals surface area contributed by atoms with E-state index in [1.165, 1.54) is 0 Å². The van der Waals surface area contributed by atoms with E-state index in [1.54, 1.807) is 24.3 Å². The van der Waals surface area contributed by atoms with Crippen molar-refractivity contribution in [2.75, 3.05) is 13.1 Å². The van der Waals surface area contributed by atoms with Crippen molar-refractivity contribution in [3.63, 3.8) is 0 Å². The minimum absolute atomic E-state index is 0.00273. The highest BCUT2D eigenvalue weighted by Crippen LogP contribution is 2.20. The highest BCUT2D eigenvalue weighted by atomic mass is 16.5. The average molecular weight is 369 g/mol. The number of rotatable bonds is 8. The minimum Gasteiger partial charge on any atom is -0.457 e. The number of hydrogen-bond donors (Lipinski definition) is 3. The molecule has 0 fully saturated rings. The molecule has 7 heteroatoms. The predicted octanol–water partition coefficient (Wildman–Crippen LogP) is 1.85. The maximum atomic E-state index is 12.1. The van der Waals surface area contributed by atoms with E-state index in [-0.39, 0.29) is 30.9 Å². The van der Waals surface area contributed by atoms with E-state index in [2.05, 4.69) is 16.0 Å². The first-order valence-corrected chi connectivity index (χ1v) is 8.61. The summed E-state index contributed by atoms with van der Waals surface area (Å²) in [5.41, 5.74) is 0.403. The monoisotopic (exact) mass is 369 g/mol. The average Bonchev–Trinajstić information content (AvgIpc) is 2.65. The van der Waals surface area contributed by atoms with Crippen molar-refractivity contribution < 1.29 is 19.1 Å². The third-order valence-electron chi connectivity index (χ3n) is 3.40. The van der Waals surface area contributed by atoms with E-state index >= 15 is 0 Å². The number of carbonyl (C=O) groups is 3. The SMILES string of the molecule is CC(C)NC(=O)CNC(=O)CNC(=O)c1ccc(Oc2ccccc2)cc1. The Bertz CT molecular complexity index is 774. The van der Waals surface area contributed by atoms with Crippen LogP contribution in [0.4, 0.5) is 0 Å². The second-order valence-electron chi connectivity index (χ2n) is 6.12. The molecule has 3 N–H and O–H groups in total. The molecule has 0 radical (unpaired) electrons. The van der Waals surface area contributed by atoms with Gasteiger partial charge in [0.1, 0.15) is 11.5 Å². The molecule has 0 atom stereocenters. The molecule has 0 saturated heterocycles. The topological polar surface area (TPSA) is 96.5 Å². The number of para-hydroxylation sites is 1. The van der Waals surface area contributed by atoms with Crippen LogP contribution in [0.1, 0.15) is 24.2 Å². The van der Waals surface area contributed by atoms with Gasteiger partial charge in [-0.3, -0.25) is 14.4 Å². The first kappa shape index (κ1) is 20.0. The van der Waals surface area contributed by atoms with Crippen LogP contribution in [0.5, 0.6) is 11.5 Å². The third kappa shape index (κ3) is 7.19. The molecule has 0 aliphatic rings. The van der Waals surface area contributed by atoms with Crippen molar-refractivity contribution >= 4 is 17.7 Å². The summed E-state index contributed by atoms with van der Waals surface area (Å²) in [6.07, 6.45) is 0. The number of nitrogens with one attached hydrogen (secondary N) is 3. The summed E-state index contributed by atoms with van der Waals surface area (Å²) in [6, 6.07) is 15.9. The molecular weight excluding hydrogens is 346 g/mol. The van der Waals surface area contributed by atoms with Gasteiger partial charge >= 0.3 is 0 Å². The number of amides is 3. The summed E-state index contributed by atoms with van der Waals surface area (Å²) in [6.45, 7) is 3.32. The van der Waals surface area contributed by atoms with Gasteiger partial charge in [-0.2, -0.15) is 0 Å². The summed E-state index contributed by atoms with van der Waals surface area (Å²) in [7, 11) is 0. The second kappa shape index (κ2) is 9.96. The van der Waals surface area contributed by atoms with Gasteiger partial charge in [0, 0.05) is 11.6 Å². The van der Waals surface area contributed by atoms with E-state index in [1.807, 2.05) is 44.2 Å². The fourth-order valence-corrected chi connectivity index (χ4v) is 2.18. The van der Waals surface area contributed by atoms with E-state index in [9.17, 15) is 14.4 Å². The first-order chi connectivity index (χ1) is 12.9. The minimum atomic E-state index is -0.439. The van der Waals surface area contributed by atoms with E-state index in [4.69, 9.17) is 4.74 Å². The lowest BCUT2D eigenvalue weighted by molar-refractivity contribution is -0.125. The smallest absolute Gasteiger partial charge is 0.251 e. The van der Waals surface area contributed by atoms with Crippen LogP contribution in [0.2, 0.25) is 0 Å². The lowest BCUT2D eigenvalue weighted by Gasteiger charge is -2.10. The van der Waals surface area contributed by atoms with Crippen molar-refractivity contribution in [2.24, 2.45) is 0 Å². The van der Waals surface area contributed by atoms with Crippen LogP contribution in [0, 0.1) is 0 Å². The zero-order chi connectivity index (χ0) is 19.6. The van der Waals surface area contributed by atoms with Crippen molar-refractivity contribution in [3.05, 3.63) is 60.2 Å². The van der Waals surface area contributed by atoms with Gasteiger partial charge in [-0.1, -0.05) is 18.2 Å². The molecular formula is C20H23N3O4. The fourth-order valence-electron chi connectivity index (χ4n) is 2.18. The van der Waals surface area contributed by atoms with E-state index in [0.717, 1.165) is 0 Å². The van der Waals surface area contributed by atoms with Crippen LogP contribution in [-0.2, 0) is 9.59 Å². The van der Waals surface area contributed by atoms with Crippen LogP contribution in [0.25, 0.3) is 0 Å². The molecule has 0 aliphatic heterocycles. The Morgan fingerprint density at radius 1 is 0.815 bits per heavy atom. The largest absolute Gasteiger partial charge is 0.457 e. The predicted molar refractivity (Wildman–Crippen MR) is 102 cm³/mol. The highest BCUT2D eigenvalue weighted by molar-refractivity contribution is 5.96. The van der Waals surface area contributed by atoms with Crippen LogP contribution in [0.15, 0.2) is 54.6 Å². The Hall–Kier alpha value is -3.35. The molecule has 0 bridgehead atoms. The number of ether oxygens (including phenoxy) is 1. The lowest BCUT2D eigenvalue weighted by Crippen LogP contribution is -2.43. The van der Waals surface area contributed by atoms with Gasteiger partial charge in [0.05, 0.1) is 13.1 Å². The van der Waals surface area contributed by atoms with Crippen molar-refractivity contribution in [2.45, 2.75) is 19.9 Å². The highest BCUT2D eigenvalue weighted by Gasteiger charge is 2.10. The fraction of sp³-hybridized carbons (Fsp3) is 0.250. The zero-order valence-electron chi connectivity index (χ0n) is 15.3. The van der Waals surface area contributed by atoms with Crippen molar-refractivity contribution in [3.8, 4) is 11.5 Å². The Kier molecular flexibility index (Phi) is 7.37. The third-order valence-corrected chi connectivity index (χ3v) is 3.40. The second-order valence-corrected chi connectivity index (χ2v) is 6.12. The summed E-state index contributed by atoms with van der Waals surface area (Å²) < 4.78 is 5.66. The van der Waals surface area contributed by atoms with Gasteiger partial charge in [0.15, 0.2) is 0 Å². The Balaban J connectivity index is 1.77. The summed E-state index contributed by atoms with van der Waals surface area (Å²) in [5.74, 6) is 0.201. The molecule has 142 valence electrons.